The summed E-state index contributed by atoms with van der Waals surface area (Å²) in [4.78, 5) is 23.5. The van der Waals surface area contributed by atoms with Gasteiger partial charge in [0.1, 0.15) is 11.6 Å². The molecule has 0 spiro atoms. The smallest absolute Gasteiger partial charge is 0.349 e. The van der Waals surface area contributed by atoms with E-state index in [1.54, 1.807) is 17.0 Å². The van der Waals surface area contributed by atoms with Crippen molar-refractivity contribution in [2.75, 3.05) is 38.1 Å². The third-order valence-electron chi connectivity index (χ3n) is 6.80. The lowest BCUT2D eigenvalue weighted by Gasteiger charge is -2.29. The van der Waals surface area contributed by atoms with Gasteiger partial charge in [-0.25, -0.2) is 9.78 Å². The second-order valence-electron chi connectivity index (χ2n) is 9.68. The van der Waals surface area contributed by atoms with Crippen molar-refractivity contribution in [2.45, 2.75) is 57.7 Å². The molecule has 2 aromatic heterocycles. The van der Waals surface area contributed by atoms with Crippen LogP contribution in [0.3, 0.4) is 0 Å². The monoisotopic (exact) mass is 487 g/mol. The summed E-state index contributed by atoms with van der Waals surface area (Å²) in [6.45, 7) is 6.04. The molecule has 1 saturated carbocycles. The largest absolute Gasteiger partial charge is 0.376 e. The lowest BCUT2D eigenvalue weighted by atomic mass is 10.1. The third-order valence-corrected chi connectivity index (χ3v) is 6.96. The van der Waals surface area contributed by atoms with Gasteiger partial charge in [-0.05, 0) is 75.9 Å². The number of aryl methyl sites for hydroxylation is 1. The predicted octanol–water partition coefficient (Wildman–Crippen LogP) is 2.32. The van der Waals surface area contributed by atoms with Gasteiger partial charge in [0.15, 0.2) is 0 Å². The van der Waals surface area contributed by atoms with Crippen LogP contribution < -0.4 is 21.5 Å². The fourth-order valence-corrected chi connectivity index (χ4v) is 4.62. The highest BCUT2D eigenvalue weighted by Crippen LogP contribution is 2.45. The summed E-state index contributed by atoms with van der Waals surface area (Å²) in [5.74, 6) is 1.14. The summed E-state index contributed by atoms with van der Waals surface area (Å²) in [6.07, 6.45) is 10.1. The molecule has 0 atom stereocenters. The van der Waals surface area contributed by atoms with E-state index < -0.39 is 0 Å². The zero-order valence-corrected chi connectivity index (χ0v) is 20.7. The number of nitrogens with zero attached hydrogens (tertiary/aromatic N) is 4. The number of nitrogens with two attached hydrogens (primary N) is 1. The molecular formula is C24H37N7O2S. The average Bonchev–Trinajstić information content (AvgIpc) is 3.60. The Bertz CT molecular complexity index is 957. The second kappa shape index (κ2) is 12.1. The Labute approximate surface area is 207 Å². The van der Waals surface area contributed by atoms with Crippen LogP contribution in [0.15, 0.2) is 35.4 Å². The normalized spacial score (nSPS) is 18.2. The maximum absolute atomic E-state index is 12.4. The van der Waals surface area contributed by atoms with Gasteiger partial charge in [-0.3, -0.25) is 9.29 Å². The number of hydrogen-bond donors (Lipinski definition) is 4. The molecule has 2 aliphatic rings. The standard InChI is InChI=1S/C24H37N7O2S/c25-20-5-12-30(13-6-20)10-1-2-11-31-14-7-22(29-23(31)32)28-21-4-3-19(15-26-21)16-33-18-24(8-9-24)17-27-34/h3-4,7,14-15,20,27,34H,1-2,5-6,8-13,16-18,25H2,(H,26,28,29,32). The quantitative estimate of drug-likeness (QED) is 0.252. The average molecular weight is 488 g/mol. The molecule has 4 rings (SSSR count). The molecular weight excluding hydrogens is 450 g/mol. The summed E-state index contributed by atoms with van der Waals surface area (Å²) in [5.41, 5.74) is 6.98. The fraction of sp³-hybridized carbons (Fsp3) is 0.625. The minimum absolute atomic E-state index is 0.247. The van der Waals surface area contributed by atoms with Crippen molar-refractivity contribution in [2.24, 2.45) is 11.1 Å². The minimum atomic E-state index is -0.247. The number of ether oxygens (including phenoxy) is 1. The van der Waals surface area contributed by atoms with Crippen molar-refractivity contribution in [1.29, 1.82) is 0 Å². The Kier molecular flexibility index (Phi) is 8.96. The van der Waals surface area contributed by atoms with E-state index in [0.29, 0.717) is 30.8 Å². The number of pyridine rings is 1. The van der Waals surface area contributed by atoms with E-state index in [1.165, 1.54) is 12.8 Å². The van der Waals surface area contributed by atoms with Crippen molar-refractivity contribution in [3.05, 3.63) is 46.6 Å². The van der Waals surface area contributed by atoms with E-state index >= 15 is 0 Å². The van der Waals surface area contributed by atoms with Crippen LogP contribution in [0.4, 0.5) is 11.6 Å². The minimum Gasteiger partial charge on any atom is -0.376 e. The first kappa shape index (κ1) is 25.1. The molecule has 0 bridgehead atoms. The number of likely N-dealkylation sites (tertiary alicyclic amines) is 1. The van der Waals surface area contributed by atoms with Crippen LogP contribution in [0.5, 0.6) is 0 Å². The molecule has 3 heterocycles. The highest BCUT2D eigenvalue weighted by molar-refractivity contribution is 7.78. The second-order valence-corrected chi connectivity index (χ2v) is 10.00. The summed E-state index contributed by atoms with van der Waals surface area (Å²) in [5, 5.41) is 3.11. The molecule has 2 fully saturated rings. The van der Waals surface area contributed by atoms with Crippen LogP contribution in [0.25, 0.3) is 0 Å². The Morgan fingerprint density at radius 3 is 2.62 bits per heavy atom. The fourth-order valence-electron chi connectivity index (χ4n) is 4.28. The van der Waals surface area contributed by atoms with Crippen LogP contribution in [0.2, 0.25) is 0 Å². The highest BCUT2D eigenvalue weighted by Gasteiger charge is 2.42. The maximum atomic E-state index is 12.4. The Morgan fingerprint density at radius 1 is 1.15 bits per heavy atom. The van der Waals surface area contributed by atoms with E-state index in [0.717, 1.165) is 64.0 Å². The lowest BCUT2D eigenvalue weighted by Crippen LogP contribution is -2.40. The van der Waals surface area contributed by atoms with Gasteiger partial charge in [0.2, 0.25) is 0 Å². The van der Waals surface area contributed by atoms with Crippen molar-refractivity contribution in [3.63, 3.8) is 0 Å². The maximum Gasteiger partial charge on any atom is 0.349 e. The number of piperidine rings is 1. The molecule has 0 unspecified atom stereocenters. The summed E-state index contributed by atoms with van der Waals surface area (Å²) < 4.78 is 10.5. The van der Waals surface area contributed by atoms with E-state index in [4.69, 9.17) is 10.5 Å². The van der Waals surface area contributed by atoms with Gasteiger partial charge in [-0.2, -0.15) is 4.98 Å². The van der Waals surface area contributed by atoms with Crippen molar-refractivity contribution in [1.82, 2.24) is 24.2 Å². The molecule has 1 aliphatic heterocycles. The number of unbranched alkanes of at least 4 members (excludes halogenated alkanes) is 1. The molecule has 4 N–H and O–H groups in total. The molecule has 186 valence electrons. The van der Waals surface area contributed by atoms with Crippen molar-refractivity contribution >= 4 is 24.5 Å². The van der Waals surface area contributed by atoms with Gasteiger partial charge in [0, 0.05) is 36.9 Å². The van der Waals surface area contributed by atoms with E-state index in [2.05, 4.69) is 37.7 Å². The van der Waals surface area contributed by atoms with Gasteiger partial charge in [0.05, 0.1) is 13.2 Å². The molecule has 0 aromatic carbocycles. The molecule has 10 heteroatoms. The lowest BCUT2D eigenvalue weighted by molar-refractivity contribution is 0.0797. The van der Waals surface area contributed by atoms with E-state index in [9.17, 15) is 4.79 Å². The van der Waals surface area contributed by atoms with Gasteiger partial charge >= 0.3 is 5.69 Å². The molecule has 0 radical (unpaired) electrons. The summed E-state index contributed by atoms with van der Waals surface area (Å²) >= 11 is 4.10. The van der Waals surface area contributed by atoms with Gasteiger partial charge in [-0.1, -0.05) is 18.9 Å². The third kappa shape index (κ3) is 7.51. The number of nitrogens with one attached hydrogen (secondary N) is 2. The molecule has 9 nitrogen and oxygen atoms in total. The van der Waals surface area contributed by atoms with Crippen LogP contribution in [-0.4, -0.2) is 58.3 Å². The molecule has 1 aliphatic carbocycles. The number of thiol groups is 1. The highest BCUT2D eigenvalue weighted by atomic mass is 32.1. The van der Waals surface area contributed by atoms with Crippen molar-refractivity contribution in [3.8, 4) is 0 Å². The SMILES string of the molecule is NC1CCN(CCCCn2ccc(Nc3ccc(COCC4(CNS)CC4)cn3)nc2=O)CC1. The van der Waals surface area contributed by atoms with Crippen LogP contribution in [-0.2, 0) is 17.9 Å². The van der Waals surface area contributed by atoms with Crippen LogP contribution >= 0.6 is 12.8 Å². The molecule has 34 heavy (non-hydrogen) atoms. The van der Waals surface area contributed by atoms with E-state index in [1.807, 2.05) is 18.2 Å². The zero-order valence-electron chi connectivity index (χ0n) is 19.8. The summed E-state index contributed by atoms with van der Waals surface area (Å²) in [7, 11) is 0. The van der Waals surface area contributed by atoms with Crippen molar-refractivity contribution < 1.29 is 4.74 Å². The predicted molar refractivity (Wildman–Crippen MR) is 137 cm³/mol. The van der Waals surface area contributed by atoms with Crippen LogP contribution in [0.1, 0.15) is 44.1 Å². The van der Waals surface area contributed by atoms with Gasteiger partial charge in [-0.15, -0.1) is 0 Å². The van der Waals surface area contributed by atoms with Crippen LogP contribution in [0, 0.1) is 5.41 Å². The first-order valence-electron chi connectivity index (χ1n) is 12.3. The Hall–Kier alpha value is -1.98. The first-order chi connectivity index (χ1) is 16.5. The van der Waals surface area contributed by atoms with Gasteiger partial charge in [0.25, 0.3) is 0 Å². The van der Waals surface area contributed by atoms with E-state index in [-0.39, 0.29) is 11.1 Å². The zero-order chi connectivity index (χ0) is 23.8. The summed E-state index contributed by atoms with van der Waals surface area (Å²) in [6, 6.07) is 6.03. The Balaban J connectivity index is 1.18. The number of anilines is 2. The molecule has 0 amide bonds. The van der Waals surface area contributed by atoms with Gasteiger partial charge < -0.3 is 20.7 Å². The number of hydrogen-bond acceptors (Lipinski definition) is 9. The Morgan fingerprint density at radius 2 is 1.94 bits per heavy atom. The number of rotatable bonds is 13. The topological polar surface area (TPSA) is 110 Å². The molecule has 1 saturated heterocycles. The molecule has 2 aromatic rings. The number of aromatic nitrogens is 3. The first-order valence-corrected chi connectivity index (χ1v) is 12.7.